The summed E-state index contributed by atoms with van der Waals surface area (Å²) in [6, 6.07) is 4.35. The Morgan fingerprint density at radius 3 is 2.67 bits per heavy atom. The number of carbonyl (C=O) groups is 2. The molecule has 6 nitrogen and oxygen atoms in total. The van der Waals surface area contributed by atoms with Crippen molar-refractivity contribution in [2.75, 3.05) is 18.6 Å². The summed E-state index contributed by atoms with van der Waals surface area (Å²) in [6.45, 7) is -0.373. The van der Waals surface area contributed by atoms with Crippen LogP contribution >= 0.6 is 11.6 Å². The van der Waals surface area contributed by atoms with E-state index in [4.69, 9.17) is 11.6 Å². The molecule has 0 aromatic heterocycles. The molecule has 1 amide bonds. The predicted molar refractivity (Wildman–Crippen MR) is 73.6 cm³/mol. The van der Waals surface area contributed by atoms with Crippen molar-refractivity contribution >= 4 is 39.4 Å². The van der Waals surface area contributed by atoms with Crippen molar-refractivity contribution in [3.63, 3.8) is 0 Å². The first-order chi connectivity index (χ1) is 9.75. The molecule has 0 spiro atoms. The lowest BCUT2D eigenvalue weighted by Gasteiger charge is -2.19. The number of amides is 1. The highest BCUT2D eigenvalue weighted by molar-refractivity contribution is 7.87. The number of methoxy groups -OCH3 is 1. The van der Waals surface area contributed by atoms with Crippen LogP contribution in [0.15, 0.2) is 18.2 Å². The number of halogens is 2. The van der Waals surface area contributed by atoms with Gasteiger partial charge in [0.05, 0.1) is 17.8 Å². The van der Waals surface area contributed by atoms with E-state index in [2.05, 4.69) is 4.74 Å². The average Bonchev–Trinajstić information content (AvgIpc) is 2.79. The maximum absolute atomic E-state index is 13.0. The summed E-state index contributed by atoms with van der Waals surface area (Å²) < 4.78 is 39.5. The van der Waals surface area contributed by atoms with Crippen molar-refractivity contribution in [2.45, 2.75) is 11.7 Å². The van der Waals surface area contributed by atoms with Gasteiger partial charge in [-0.25, -0.2) is 4.79 Å². The van der Waals surface area contributed by atoms with Gasteiger partial charge in [0.1, 0.15) is 10.8 Å². The van der Waals surface area contributed by atoms with Crippen LogP contribution in [0.25, 0.3) is 0 Å². The van der Waals surface area contributed by atoms with Gasteiger partial charge in [-0.2, -0.15) is 8.42 Å². The predicted octanol–water partition coefficient (Wildman–Crippen LogP) is 1.53. The second kappa shape index (κ2) is 5.61. The smallest absolute Gasteiger partial charge is 0.341 e. The zero-order valence-electron chi connectivity index (χ0n) is 10.9. The summed E-state index contributed by atoms with van der Waals surface area (Å²) in [5.41, 5.74) is 0.0393. The Morgan fingerprint density at radius 2 is 2.14 bits per heavy atom. The van der Waals surface area contributed by atoms with Gasteiger partial charge >= 0.3 is 16.2 Å². The molecule has 21 heavy (non-hydrogen) atoms. The van der Waals surface area contributed by atoms with E-state index in [0.717, 1.165) is 12.0 Å². The highest BCUT2D eigenvalue weighted by Crippen LogP contribution is 2.32. The summed E-state index contributed by atoms with van der Waals surface area (Å²) in [5, 5.41) is -1.40. The number of anilines is 1. The highest BCUT2D eigenvalue weighted by atomic mass is 35.5. The van der Waals surface area contributed by atoms with Crippen molar-refractivity contribution in [1.29, 1.82) is 0 Å². The fourth-order valence-corrected chi connectivity index (χ4v) is 3.05. The van der Waals surface area contributed by atoms with Gasteiger partial charge in [-0.1, -0.05) is 17.7 Å². The van der Waals surface area contributed by atoms with Crippen LogP contribution in [-0.4, -0.2) is 39.2 Å². The summed E-state index contributed by atoms with van der Waals surface area (Å²) in [7, 11) is -3.69. The number of rotatable bonds is 3. The molecule has 1 heterocycles. The van der Waals surface area contributed by atoms with Crippen LogP contribution in [0.1, 0.15) is 16.8 Å². The van der Waals surface area contributed by atoms with Gasteiger partial charge in [-0.3, -0.25) is 4.79 Å². The molecule has 1 atom stereocenters. The van der Waals surface area contributed by atoms with Gasteiger partial charge in [-0.15, -0.1) is 3.89 Å². The third kappa shape index (κ3) is 3.01. The Balaban J connectivity index is 2.46. The largest absolute Gasteiger partial charge is 0.465 e. The molecule has 0 bridgehead atoms. The van der Waals surface area contributed by atoms with Gasteiger partial charge in [0.25, 0.3) is 0 Å². The number of nitrogens with zero attached hydrogens (tertiary/aromatic N) is 1. The van der Waals surface area contributed by atoms with E-state index >= 15 is 0 Å². The molecule has 0 saturated carbocycles. The van der Waals surface area contributed by atoms with E-state index in [-0.39, 0.29) is 22.8 Å². The lowest BCUT2D eigenvalue weighted by atomic mass is 10.1. The maximum Gasteiger partial charge on any atom is 0.341 e. The summed E-state index contributed by atoms with van der Waals surface area (Å²) in [6.07, 6.45) is -0.480. The number of benzene rings is 1. The van der Waals surface area contributed by atoms with Crippen molar-refractivity contribution in [3.8, 4) is 0 Å². The molecular weight excluding hydrogens is 325 g/mol. The van der Waals surface area contributed by atoms with Crippen LogP contribution < -0.4 is 4.90 Å². The fraction of sp³-hybridized carbons (Fsp3) is 0.333. The van der Waals surface area contributed by atoms with Crippen molar-refractivity contribution < 1.29 is 26.6 Å². The zero-order chi connectivity index (χ0) is 15.8. The van der Waals surface area contributed by atoms with Crippen LogP contribution in [-0.2, 0) is 19.8 Å². The monoisotopic (exact) mass is 335 g/mol. The van der Waals surface area contributed by atoms with Crippen molar-refractivity contribution in [3.05, 3.63) is 28.8 Å². The highest BCUT2D eigenvalue weighted by Gasteiger charge is 2.40. The fourth-order valence-electron chi connectivity index (χ4n) is 2.14. The Morgan fingerprint density at radius 1 is 1.48 bits per heavy atom. The van der Waals surface area contributed by atoms with Gasteiger partial charge in [0, 0.05) is 13.0 Å². The van der Waals surface area contributed by atoms with E-state index in [9.17, 15) is 21.9 Å². The molecule has 1 unspecified atom stereocenters. The van der Waals surface area contributed by atoms with Crippen LogP contribution in [0.5, 0.6) is 0 Å². The van der Waals surface area contributed by atoms with Crippen molar-refractivity contribution in [1.82, 2.24) is 0 Å². The minimum atomic E-state index is -4.84. The normalized spacial score (nSPS) is 18.9. The average molecular weight is 336 g/mol. The van der Waals surface area contributed by atoms with Crippen LogP contribution in [0.3, 0.4) is 0 Å². The number of carbonyl (C=O) groups excluding carboxylic acids is 2. The first-order valence-corrected chi connectivity index (χ1v) is 7.69. The van der Waals surface area contributed by atoms with E-state index in [1.807, 2.05) is 0 Å². The third-order valence-electron chi connectivity index (χ3n) is 3.16. The maximum atomic E-state index is 13.0. The van der Waals surface area contributed by atoms with E-state index < -0.39 is 33.8 Å². The second-order valence-electron chi connectivity index (χ2n) is 4.43. The molecule has 114 valence electrons. The minimum absolute atomic E-state index is 0.0544. The number of ether oxygens (including phenoxy) is 1. The summed E-state index contributed by atoms with van der Waals surface area (Å²) in [5.74, 6) is -1.37. The third-order valence-corrected chi connectivity index (χ3v) is 4.59. The molecule has 1 aromatic carbocycles. The molecule has 0 N–H and O–H groups in total. The Labute approximate surface area is 125 Å². The van der Waals surface area contributed by atoms with Gasteiger partial charge in [0.15, 0.2) is 0 Å². The molecule has 9 heteroatoms. The lowest BCUT2D eigenvalue weighted by Crippen LogP contribution is -2.28. The topological polar surface area (TPSA) is 80.8 Å². The van der Waals surface area contributed by atoms with E-state index in [0.29, 0.717) is 0 Å². The molecule has 2 rings (SSSR count). The molecule has 1 aliphatic rings. The molecule has 0 radical (unpaired) electrons. The second-order valence-corrected chi connectivity index (χ2v) is 6.46. The number of hydrogen-bond donors (Lipinski definition) is 0. The molecular formula is C12H11ClFNO5S. The van der Waals surface area contributed by atoms with Gasteiger partial charge < -0.3 is 9.64 Å². The van der Waals surface area contributed by atoms with Crippen LogP contribution in [0.4, 0.5) is 9.57 Å². The van der Waals surface area contributed by atoms with Crippen LogP contribution in [0, 0.1) is 0 Å². The molecule has 1 fully saturated rings. The SMILES string of the molecule is COC(=O)c1c(Cl)cccc1N1CC(S(=O)(=O)F)CC1=O. The van der Waals surface area contributed by atoms with Gasteiger partial charge in [-0.05, 0) is 12.1 Å². The number of hydrogen-bond acceptors (Lipinski definition) is 5. The Kier molecular flexibility index (Phi) is 4.20. The number of esters is 1. The molecule has 0 aliphatic carbocycles. The van der Waals surface area contributed by atoms with Gasteiger partial charge in [0.2, 0.25) is 5.91 Å². The Hall–Kier alpha value is -1.67. The molecule has 1 saturated heterocycles. The first kappa shape index (κ1) is 15.7. The van der Waals surface area contributed by atoms with Crippen molar-refractivity contribution in [2.24, 2.45) is 0 Å². The molecule has 1 aromatic rings. The quantitative estimate of drug-likeness (QED) is 0.618. The van der Waals surface area contributed by atoms with E-state index in [1.165, 1.54) is 18.2 Å². The lowest BCUT2D eigenvalue weighted by molar-refractivity contribution is -0.117. The van der Waals surface area contributed by atoms with E-state index in [1.54, 1.807) is 0 Å². The Bertz CT molecular complexity index is 706. The first-order valence-electron chi connectivity index (χ1n) is 5.86. The minimum Gasteiger partial charge on any atom is -0.465 e. The summed E-state index contributed by atoms with van der Waals surface area (Å²) in [4.78, 5) is 24.7. The summed E-state index contributed by atoms with van der Waals surface area (Å²) >= 11 is 5.92. The zero-order valence-corrected chi connectivity index (χ0v) is 12.4. The standard InChI is InChI=1S/C12H11ClFNO5S/c1-20-12(17)11-8(13)3-2-4-9(11)15-6-7(5-10(15)16)21(14,18)19/h2-4,7H,5-6H2,1H3. The van der Waals surface area contributed by atoms with Crippen LogP contribution in [0.2, 0.25) is 5.02 Å². The molecule has 1 aliphatic heterocycles.